The number of likely N-dealkylation sites (N-methyl/N-ethyl adjacent to an activating group) is 1. The van der Waals surface area contributed by atoms with Crippen molar-refractivity contribution in [2.75, 3.05) is 26.7 Å². The van der Waals surface area contributed by atoms with E-state index in [0.717, 1.165) is 18.6 Å². The molecular formula is C18H20F3N3O2. The van der Waals surface area contributed by atoms with E-state index in [4.69, 9.17) is 0 Å². The van der Waals surface area contributed by atoms with Crippen LogP contribution in [-0.4, -0.2) is 49.4 Å². The predicted octanol–water partition coefficient (Wildman–Crippen LogP) is 1.38. The molecule has 0 aliphatic carbocycles. The molecule has 0 radical (unpaired) electrons. The lowest BCUT2D eigenvalue weighted by Gasteiger charge is -2.21. The van der Waals surface area contributed by atoms with E-state index in [9.17, 15) is 22.8 Å². The molecule has 0 saturated carbocycles. The highest BCUT2D eigenvalue weighted by Crippen LogP contribution is 2.29. The first-order chi connectivity index (χ1) is 12.3. The Kier molecular flexibility index (Phi) is 6.64. The highest BCUT2D eigenvalue weighted by atomic mass is 19.4. The predicted molar refractivity (Wildman–Crippen MR) is 90.0 cm³/mol. The van der Waals surface area contributed by atoms with Crippen molar-refractivity contribution in [2.24, 2.45) is 0 Å². The maximum absolute atomic E-state index is 12.6. The molecule has 1 fully saturated rings. The molecule has 1 aliphatic rings. The Morgan fingerprint density at radius 3 is 2.81 bits per heavy atom. The normalized spacial score (nSPS) is 17.3. The molecule has 2 rings (SSSR count). The number of nitrogens with one attached hydrogen (secondary N) is 2. The van der Waals surface area contributed by atoms with Crippen molar-refractivity contribution in [2.45, 2.75) is 25.1 Å². The van der Waals surface area contributed by atoms with Gasteiger partial charge in [-0.2, -0.15) is 13.2 Å². The van der Waals surface area contributed by atoms with Gasteiger partial charge in [0.05, 0.1) is 24.7 Å². The van der Waals surface area contributed by atoms with Crippen molar-refractivity contribution in [1.29, 1.82) is 0 Å². The highest BCUT2D eigenvalue weighted by Gasteiger charge is 2.31. The molecule has 1 heterocycles. The molecule has 1 saturated heterocycles. The molecule has 0 aromatic heterocycles. The number of alkyl halides is 3. The van der Waals surface area contributed by atoms with Gasteiger partial charge in [0.2, 0.25) is 11.8 Å². The molecule has 1 aliphatic heterocycles. The van der Waals surface area contributed by atoms with Crippen molar-refractivity contribution < 1.29 is 22.8 Å². The molecule has 0 bridgehead atoms. The van der Waals surface area contributed by atoms with Gasteiger partial charge >= 0.3 is 6.18 Å². The van der Waals surface area contributed by atoms with Gasteiger partial charge in [0.15, 0.2) is 0 Å². The number of nitrogens with zero attached hydrogens (tertiary/aromatic N) is 1. The molecular weight excluding hydrogens is 347 g/mol. The zero-order chi connectivity index (χ0) is 19.2. The molecule has 140 valence electrons. The molecule has 1 unspecified atom stereocenters. The molecule has 2 amide bonds. The van der Waals surface area contributed by atoms with Crippen molar-refractivity contribution >= 4 is 11.8 Å². The van der Waals surface area contributed by atoms with E-state index >= 15 is 0 Å². The summed E-state index contributed by atoms with van der Waals surface area (Å²) in [6.45, 7) is 0.776. The fourth-order valence-corrected chi connectivity index (χ4v) is 2.78. The second-order valence-electron chi connectivity index (χ2n) is 5.90. The zero-order valence-electron chi connectivity index (χ0n) is 14.3. The van der Waals surface area contributed by atoms with Crippen molar-refractivity contribution in [3.63, 3.8) is 0 Å². The van der Waals surface area contributed by atoms with Gasteiger partial charge in [-0.15, -0.1) is 0 Å². The summed E-state index contributed by atoms with van der Waals surface area (Å²) in [4.78, 5) is 25.5. The van der Waals surface area contributed by atoms with Crippen LogP contribution in [0.1, 0.15) is 24.0 Å². The van der Waals surface area contributed by atoms with Gasteiger partial charge in [-0.3, -0.25) is 14.5 Å². The zero-order valence-corrected chi connectivity index (χ0v) is 14.3. The number of rotatable bonds is 4. The minimum absolute atomic E-state index is 0.0214. The summed E-state index contributed by atoms with van der Waals surface area (Å²) < 4.78 is 37.9. The lowest BCUT2D eigenvalue weighted by Crippen LogP contribution is -2.46. The summed E-state index contributed by atoms with van der Waals surface area (Å²) in [6.07, 6.45) is -2.86. The average Bonchev–Trinajstić information content (AvgIpc) is 3.05. The van der Waals surface area contributed by atoms with Crippen LogP contribution in [-0.2, 0) is 15.8 Å². The smallest absolute Gasteiger partial charge is 0.358 e. The molecule has 2 N–H and O–H groups in total. The van der Waals surface area contributed by atoms with Gasteiger partial charge in [0.1, 0.15) is 0 Å². The van der Waals surface area contributed by atoms with E-state index in [-0.39, 0.29) is 36.5 Å². The summed E-state index contributed by atoms with van der Waals surface area (Å²) in [5.74, 6) is 4.84. The third-order valence-electron chi connectivity index (χ3n) is 4.06. The highest BCUT2D eigenvalue weighted by molar-refractivity contribution is 5.83. The molecule has 26 heavy (non-hydrogen) atoms. The van der Waals surface area contributed by atoms with Crippen LogP contribution in [0.15, 0.2) is 24.3 Å². The maximum atomic E-state index is 12.6. The van der Waals surface area contributed by atoms with E-state index < -0.39 is 11.7 Å². The van der Waals surface area contributed by atoms with Crippen LogP contribution in [0, 0.1) is 11.8 Å². The maximum Gasteiger partial charge on any atom is 0.416 e. The van der Waals surface area contributed by atoms with Crippen molar-refractivity contribution in [1.82, 2.24) is 15.5 Å². The van der Waals surface area contributed by atoms with Gasteiger partial charge in [-0.05, 0) is 37.6 Å². The van der Waals surface area contributed by atoms with Crippen LogP contribution in [0.3, 0.4) is 0 Å². The Labute approximate surface area is 149 Å². The fraction of sp³-hybridized carbons (Fsp3) is 0.444. The Balaban J connectivity index is 1.84. The number of amides is 2. The Morgan fingerprint density at radius 1 is 1.35 bits per heavy atom. The van der Waals surface area contributed by atoms with Gasteiger partial charge in [-0.1, -0.05) is 17.9 Å². The summed E-state index contributed by atoms with van der Waals surface area (Å²) in [7, 11) is 1.56. The molecule has 5 nitrogen and oxygen atoms in total. The number of hydrogen-bond acceptors (Lipinski definition) is 3. The van der Waals surface area contributed by atoms with E-state index in [1.807, 2.05) is 0 Å². The largest absolute Gasteiger partial charge is 0.416 e. The third kappa shape index (κ3) is 5.49. The number of halogens is 3. The number of benzene rings is 1. The first-order valence-corrected chi connectivity index (χ1v) is 8.19. The van der Waals surface area contributed by atoms with Gasteiger partial charge in [0.25, 0.3) is 0 Å². The number of carbonyl (C=O) groups excluding carboxylic acids is 2. The number of hydrogen-bond donors (Lipinski definition) is 2. The SMILES string of the molecule is CNC(=O)C1CCCN1CC(=O)NCC#Cc1cccc(C(F)(F)F)c1. The summed E-state index contributed by atoms with van der Waals surface area (Å²) in [5, 5.41) is 5.17. The lowest BCUT2D eigenvalue weighted by molar-refractivity contribution is -0.137. The van der Waals surface area contributed by atoms with Gasteiger partial charge < -0.3 is 10.6 Å². The van der Waals surface area contributed by atoms with Crippen LogP contribution in [0.5, 0.6) is 0 Å². The minimum atomic E-state index is -4.41. The summed E-state index contributed by atoms with van der Waals surface area (Å²) >= 11 is 0. The fourth-order valence-electron chi connectivity index (χ4n) is 2.78. The Bertz CT molecular complexity index is 722. The topological polar surface area (TPSA) is 61.4 Å². The first-order valence-electron chi connectivity index (χ1n) is 8.19. The second-order valence-corrected chi connectivity index (χ2v) is 5.90. The number of likely N-dealkylation sites (tertiary alicyclic amines) is 1. The standard InChI is InChI=1S/C18H20F3N3O2/c1-22-17(26)15-8-4-10-24(15)12-16(25)23-9-3-6-13-5-2-7-14(11-13)18(19,20)21/h2,5,7,11,15H,4,8-10,12H2,1H3,(H,22,26)(H,23,25). The minimum Gasteiger partial charge on any atom is -0.358 e. The van der Waals surface area contributed by atoms with Crippen molar-refractivity contribution in [3.8, 4) is 11.8 Å². The lowest BCUT2D eigenvalue weighted by atomic mass is 10.1. The third-order valence-corrected chi connectivity index (χ3v) is 4.06. The van der Waals surface area contributed by atoms with Gasteiger partial charge in [0, 0.05) is 12.6 Å². The van der Waals surface area contributed by atoms with E-state index in [1.54, 1.807) is 11.9 Å². The molecule has 1 aromatic carbocycles. The summed E-state index contributed by atoms with van der Waals surface area (Å²) in [6, 6.07) is 4.40. The van der Waals surface area contributed by atoms with Crippen LogP contribution < -0.4 is 10.6 Å². The monoisotopic (exact) mass is 367 g/mol. The Hall–Kier alpha value is -2.53. The Morgan fingerprint density at radius 2 is 2.12 bits per heavy atom. The van der Waals surface area contributed by atoms with E-state index in [1.165, 1.54) is 12.1 Å². The molecule has 1 atom stereocenters. The van der Waals surface area contributed by atoms with E-state index in [0.29, 0.717) is 13.0 Å². The van der Waals surface area contributed by atoms with Gasteiger partial charge in [-0.25, -0.2) is 0 Å². The van der Waals surface area contributed by atoms with Crippen LogP contribution in [0.25, 0.3) is 0 Å². The first kappa shape index (κ1) is 19.8. The van der Waals surface area contributed by atoms with E-state index in [2.05, 4.69) is 22.5 Å². The molecule has 8 heteroatoms. The number of carbonyl (C=O) groups is 2. The van der Waals surface area contributed by atoms with Crippen LogP contribution in [0.2, 0.25) is 0 Å². The quantitative estimate of drug-likeness (QED) is 0.791. The van der Waals surface area contributed by atoms with Crippen LogP contribution >= 0.6 is 0 Å². The second kappa shape index (κ2) is 8.72. The molecule has 1 aromatic rings. The average molecular weight is 367 g/mol. The summed E-state index contributed by atoms with van der Waals surface area (Å²) in [5.41, 5.74) is -0.532. The molecule has 0 spiro atoms. The van der Waals surface area contributed by atoms with Crippen molar-refractivity contribution in [3.05, 3.63) is 35.4 Å². The van der Waals surface area contributed by atoms with Crippen LogP contribution in [0.4, 0.5) is 13.2 Å².